The minimum atomic E-state index is -3.46. The molecule has 1 aromatic carbocycles. The van der Waals surface area contributed by atoms with E-state index in [2.05, 4.69) is 16.6 Å². The standard InChI is InChI=1S/C16H21NO3S/c18-12-2-1-5-15-8-4-9-16(13-15)21(19,20)17-11-10-14-6-3-7-14/h4,8-9,13-14,17-18H,2-3,6-7,10-12H2. The van der Waals surface area contributed by atoms with Crippen LogP contribution in [0.3, 0.4) is 0 Å². The molecule has 0 heterocycles. The molecule has 21 heavy (non-hydrogen) atoms. The zero-order chi connectivity index (χ0) is 15.1. The third-order valence-electron chi connectivity index (χ3n) is 3.68. The zero-order valence-corrected chi connectivity index (χ0v) is 12.8. The first-order valence-electron chi connectivity index (χ1n) is 7.31. The molecular weight excluding hydrogens is 286 g/mol. The fourth-order valence-electron chi connectivity index (χ4n) is 2.22. The van der Waals surface area contributed by atoms with Gasteiger partial charge in [-0.25, -0.2) is 13.1 Å². The molecule has 0 bridgehead atoms. The molecule has 2 N–H and O–H groups in total. The number of rotatable bonds is 6. The van der Waals surface area contributed by atoms with Crippen LogP contribution < -0.4 is 4.72 Å². The lowest BCUT2D eigenvalue weighted by atomic mass is 9.83. The molecule has 0 unspecified atom stereocenters. The highest BCUT2D eigenvalue weighted by molar-refractivity contribution is 7.89. The summed E-state index contributed by atoms with van der Waals surface area (Å²) < 4.78 is 27.1. The molecule has 0 spiro atoms. The number of hydrogen-bond donors (Lipinski definition) is 2. The average Bonchev–Trinajstić information content (AvgIpc) is 2.42. The van der Waals surface area contributed by atoms with Crippen LogP contribution in [0.2, 0.25) is 0 Å². The van der Waals surface area contributed by atoms with Gasteiger partial charge in [0, 0.05) is 18.5 Å². The molecule has 1 fully saturated rings. The number of aliphatic hydroxyl groups excluding tert-OH is 1. The van der Waals surface area contributed by atoms with E-state index in [4.69, 9.17) is 5.11 Å². The minimum absolute atomic E-state index is 0.00765. The minimum Gasteiger partial charge on any atom is -0.395 e. The van der Waals surface area contributed by atoms with Crippen molar-refractivity contribution in [3.8, 4) is 11.8 Å². The normalized spacial score (nSPS) is 15.1. The summed E-state index contributed by atoms with van der Waals surface area (Å²) in [4.78, 5) is 0.243. The van der Waals surface area contributed by atoms with Gasteiger partial charge in [-0.2, -0.15) is 0 Å². The lowest BCUT2D eigenvalue weighted by molar-refractivity contribution is 0.297. The maximum atomic E-state index is 12.2. The van der Waals surface area contributed by atoms with E-state index in [1.807, 2.05) is 0 Å². The Morgan fingerprint density at radius 3 is 2.81 bits per heavy atom. The monoisotopic (exact) mass is 307 g/mol. The average molecular weight is 307 g/mol. The van der Waals surface area contributed by atoms with Gasteiger partial charge < -0.3 is 5.11 Å². The maximum Gasteiger partial charge on any atom is 0.240 e. The first-order chi connectivity index (χ1) is 10.1. The van der Waals surface area contributed by atoms with Crippen molar-refractivity contribution in [3.63, 3.8) is 0 Å². The van der Waals surface area contributed by atoms with E-state index in [0.717, 1.165) is 6.42 Å². The van der Waals surface area contributed by atoms with Gasteiger partial charge in [-0.05, 0) is 30.5 Å². The van der Waals surface area contributed by atoms with E-state index in [1.165, 1.54) is 19.3 Å². The molecule has 1 aromatic rings. The van der Waals surface area contributed by atoms with Crippen LogP contribution in [-0.2, 0) is 10.0 Å². The van der Waals surface area contributed by atoms with Crippen LogP contribution in [0.4, 0.5) is 0 Å². The van der Waals surface area contributed by atoms with Crippen molar-refractivity contribution in [1.29, 1.82) is 0 Å². The van der Waals surface area contributed by atoms with Crippen LogP contribution in [0.15, 0.2) is 29.2 Å². The van der Waals surface area contributed by atoms with Gasteiger partial charge in [-0.1, -0.05) is 37.2 Å². The van der Waals surface area contributed by atoms with Gasteiger partial charge in [0.2, 0.25) is 10.0 Å². The molecule has 1 aliphatic rings. The van der Waals surface area contributed by atoms with Crippen molar-refractivity contribution in [2.24, 2.45) is 5.92 Å². The topological polar surface area (TPSA) is 66.4 Å². The third-order valence-corrected chi connectivity index (χ3v) is 5.14. The molecule has 114 valence electrons. The molecular formula is C16H21NO3S. The zero-order valence-electron chi connectivity index (χ0n) is 12.0. The van der Waals surface area contributed by atoms with Crippen molar-refractivity contribution in [3.05, 3.63) is 29.8 Å². The Kier molecular flexibility index (Phi) is 5.80. The summed E-state index contributed by atoms with van der Waals surface area (Å²) in [7, 11) is -3.46. The van der Waals surface area contributed by atoms with Gasteiger partial charge >= 0.3 is 0 Å². The summed E-state index contributed by atoms with van der Waals surface area (Å²) in [6.45, 7) is 0.501. The SMILES string of the molecule is O=S(=O)(NCCC1CCC1)c1cccc(C#CCCO)c1. The fourth-order valence-corrected chi connectivity index (χ4v) is 3.32. The van der Waals surface area contributed by atoms with Gasteiger partial charge in [-0.15, -0.1) is 0 Å². The fraction of sp³-hybridized carbons (Fsp3) is 0.500. The molecule has 0 aliphatic heterocycles. The van der Waals surface area contributed by atoms with Gasteiger partial charge in [-0.3, -0.25) is 0 Å². The summed E-state index contributed by atoms with van der Waals surface area (Å²) in [5, 5.41) is 8.69. The van der Waals surface area contributed by atoms with Crippen LogP contribution >= 0.6 is 0 Å². The second kappa shape index (κ2) is 7.60. The van der Waals surface area contributed by atoms with E-state index in [-0.39, 0.29) is 11.5 Å². The van der Waals surface area contributed by atoms with E-state index in [0.29, 0.717) is 24.4 Å². The van der Waals surface area contributed by atoms with E-state index in [9.17, 15) is 8.42 Å². The highest BCUT2D eigenvalue weighted by Crippen LogP contribution is 2.28. The summed E-state index contributed by atoms with van der Waals surface area (Å²) in [5.74, 6) is 6.32. The number of benzene rings is 1. The molecule has 0 radical (unpaired) electrons. The van der Waals surface area contributed by atoms with Crippen LogP contribution in [0.1, 0.15) is 37.7 Å². The predicted octanol–water partition coefficient (Wildman–Crippen LogP) is 1.89. The van der Waals surface area contributed by atoms with Crippen LogP contribution in [0.25, 0.3) is 0 Å². The molecule has 0 saturated heterocycles. The Morgan fingerprint density at radius 1 is 1.33 bits per heavy atom. The van der Waals surface area contributed by atoms with E-state index in [1.54, 1.807) is 24.3 Å². The maximum absolute atomic E-state index is 12.2. The largest absolute Gasteiger partial charge is 0.395 e. The Balaban J connectivity index is 1.98. The number of sulfonamides is 1. The van der Waals surface area contributed by atoms with Crippen molar-refractivity contribution in [2.45, 2.75) is 37.0 Å². The van der Waals surface area contributed by atoms with Crippen molar-refractivity contribution in [1.82, 2.24) is 4.72 Å². The number of aliphatic hydroxyl groups is 1. The second-order valence-corrected chi connectivity index (χ2v) is 7.05. The Labute approximate surface area is 126 Å². The molecule has 0 atom stereocenters. The molecule has 5 heteroatoms. The van der Waals surface area contributed by atoms with Gasteiger partial charge in [0.05, 0.1) is 11.5 Å². The number of nitrogens with one attached hydrogen (secondary N) is 1. The lowest BCUT2D eigenvalue weighted by Gasteiger charge is -2.25. The van der Waals surface area contributed by atoms with Crippen molar-refractivity contribution < 1.29 is 13.5 Å². The summed E-state index contributed by atoms with van der Waals surface area (Å²) in [5.41, 5.74) is 0.644. The Bertz CT molecular complexity index is 624. The second-order valence-electron chi connectivity index (χ2n) is 5.29. The first-order valence-corrected chi connectivity index (χ1v) is 8.79. The van der Waals surface area contributed by atoms with Gasteiger partial charge in [0.15, 0.2) is 0 Å². The van der Waals surface area contributed by atoms with Crippen LogP contribution in [0.5, 0.6) is 0 Å². The van der Waals surface area contributed by atoms with Crippen LogP contribution in [-0.4, -0.2) is 26.7 Å². The summed E-state index contributed by atoms with van der Waals surface area (Å²) >= 11 is 0. The lowest BCUT2D eigenvalue weighted by Crippen LogP contribution is -2.27. The first kappa shape index (κ1) is 16.0. The molecule has 0 amide bonds. The quantitative estimate of drug-likeness (QED) is 0.789. The van der Waals surface area contributed by atoms with Gasteiger partial charge in [0.1, 0.15) is 0 Å². The van der Waals surface area contributed by atoms with Gasteiger partial charge in [0.25, 0.3) is 0 Å². The van der Waals surface area contributed by atoms with Crippen molar-refractivity contribution in [2.75, 3.05) is 13.2 Å². The highest BCUT2D eigenvalue weighted by Gasteiger charge is 2.19. The Hall–Kier alpha value is -1.35. The number of hydrogen-bond acceptors (Lipinski definition) is 3. The summed E-state index contributed by atoms with van der Waals surface area (Å²) in [6, 6.07) is 6.58. The third kappa shape index (κ3) is 4.85. The van der Waals surface area contributed by atoms with Crippen LogP contribution in [0, 0.1) is 17.8 Å². The molecule has 4 nitrogen and oxygen atoms in total. The van der Waals surface area contributed by atoms with E-state index < -0.39 is 10.0 Å². The highest BCUT2D eigenvalue weighted by atomic mass is 32.2. The molecule has 0 aromatic heterocycles. The molecule has 1 aliphatic carbocycles. The smallest absolute Gasteiger partial charge is 0.240 e. The van der Waals surface area contributed by atoms with Crippen molar-refractivity contribution >= 4 is 10.0 Å². The predicted molar refractivity (Wildman–Crippen MR) is 82.2 cm³/mol. The molecule has 2 rings (SSSR count). The Morgan fingerprint density at radius 2 is 2.14 bits per heavy atom. The summed E-state index contributed by atoms with van der Waals surface area (Å²) in [6.07, 6.45) is 5.01. The molecule has 1 saturated carbocycles. The van der Waals surface area contributed by atoms with E-state index >= 15 is 0 Å².